The molecule has 1 amide bonds. The second-order valence-corrected chi connectivity index (χ2v) is 7.14. The summed E-state index contributed by atoms with van der Waals surface area (Å²) in [6.07, 6.45) is 1.77. The molecule has 20 heavy (non-hydrogen) atoms. The van der Waals surface area contributed by atoms with Gasteiger partial charge in [0.05, 0.1) is 16.4 Å². The molecule has 0 spiro atoms. The SMILES string of the molecule is CCCCS(=O)C(C)C(=O)Nc1c(N)cc(Cl)cc1Cl. The molecule has 0 aromatic heterocycles. The molecule has 7 heteroatoms. The number of halogens is 2. The van der Waals surface area contributed by atoms with Gasteiger partial charge in [-0.15, -0.1) is 0 Å². The molecule has 1 aromatic carbocycles. The molecule has 112 valence electrons. The lowest BCUT2D eigenvalue weighted by atomic mass is 10.2. The molecule has 0 radical (unpaired) electrons. The molecule has 0 aliphatic carbocycles. The van der Waals surface area contributed by atoms with Gasteiger partial charge in [-0.1, -0.05) is 36.5 Å². The van der Waals surface area contributed by atoms with Crippen molar-refractivity contribution < 1.29 is 9.00 Å². The van der Waals surface area contributed by atoms with Crippen LogP contribution in [-0.4, -0.2) is 21.1 Å². The third-order valence-corrected chi connectivity index (χ3v) is 5.01. The highest BCUT2D eigenvalue weighted by Gasteiger charge is 2.21. The average Bonchev–Trinajstić information content (AvgIpc) is 2.38. The summed E-state index contributed by atoms with van der Waals surface area (Å²) in [7, 11) is -1.21. The maximum Gasteiger partial charge on any atom is 0.239 e. The molecule has 0 aliphatic rings. The lowest BCUT2D eigenvalue weighted by molar-refractivity contribution is -0.115. The molecule has 2 unspecified atom stereocenters. The van der Waals surface area contributed by atoms with Crippen LogP contribution in [0.15, 0.2) is 12.1 Å². The number of unbranched alkanes of at least 4 members (excludes halogenated alkanes) is 1. The molecule has 0 aliphatic heterocycles. The second kappa shape index (κ2) is 7.86. The van der Waals surface area contributed by atoms with Crippen molar-refractivity contribution in [2.75, 3.05) is 16.8 Å². The van der Waals surface area contributed by atoms with Crippen molar-refractivity contribution in [3.63, 3.8) is 0 Å². The first-order valence-corrected chi connectivity index (χ1v) is 8.43. The Bertz CT molecular complexity index is 500. The predicted molar refractivity (Wildman–Crippen MR) is 86.9 cm³/mol. The third kappa shape index (κ3) is 4.65. The number of anilines is 2. The zero-order valence-corrected chi connectivity index (χ0v) is 13.7. The molecule has 1 rings (SSSR count). The molecule has 0 bridgehead atoms. The summed E-state index contributed by atoms with van der Waals surface area (Å²) < 4.78 is 11.9. The summed E-state index contributed by atoms with van der Waals surface area (Å²) in [4.78, 5) is 12.1. The molecular formula is C13H18Cl2N2O2S. The molecule has 0 heterocycles. The van der Waals surface area contributed by atoms with E-state index in [0.717, 1.165) is 12.8 Å². The first-order chi connectivity index (χ1) is 9.36. The van der Waals surface area contributed by atoms with E-state index in [9.17, 15) is 9.00 Å². The Morgan fingerprint density at radius 3 is 2.65 bits per heavy atom. The van der Waals surface area contributed by atoms with Gasteiger partial charge in [-0.2, -0.15) is 0 Å². The summed E-state index contributed by atoms with van der Waals surface area (Å²) in [6, 6.07) is 3.00. The zero-order valence-electron chi connectivity index (χ0n) is 11.4. The molecule has 0 saturated heterocycles. The topological polar surface area (TPSA) is 72.2 Å². The number of hydrogen-bond donors (Lipinski definition) is 2. The number of nitrogens with one attached hydrogen (secondary N) is 1. The number of carbonyl (C=O) groups excluding carboxylic acids is 1. The van der Waals surface area contributed by atoms with E-state index < -0.39 is 16.0 Å². The maximum absolute atomic E-state index is 12.1. The van der Waals surface area contributed by atoms with Gasteiger partial charge in [0.15, 0.2) is 0 Å². The lowest BCUT2D eigenvalue weighted by Gasteiger charge is -2.14. The summed E-state index contributed by atoms with van der Waals surface area (Å²) in [5.41, 5.74) is 6.35. The van der Waals surface area contributed by atoms with Gasteiger partial charge >= 0.3 is 0 Å². The molecule has 3 N–H and O–H groups in total. The molecule has 2 atom stereocenters. The summed E-state index contributed by atoms with van der Waals surface area (Å²) in [6.45, 7) is 3.64. The lowest BCUT2D eigenvalue weighted by Crippen LogP contribution is -2.30. The van der Waals surface area contributed by atoms with Gasteiger partial charge in [-0.25, -0.2) is 0 Å². The van der Waals surface area contributed by atoms with Crippen molar-refractivity contribution in [1.29, 1.82) is 0 Å². The number of rotatable bonds is 6. The monoisotopic (exact) mass is 336 g/mol. The summed E-state index contributed by atoms with van der Waals surface area (Å²) in [5.74, 6) is 0.143. The number of hydrogen-bond acceptors (Lipinski definition) is 3. The number of nitrogens with two attached hydrogens (primary N) is 1. The highest BCUT2D eigenvalue weighted by atomic mass is 35.5. The Kier molecular flexibility index (Phi) is 6.79. The van der Waals surface area contributed by atoms with Crippen LogP contribution in [-0.2, 0) is 15.6 Å². The van der Waals surface area contributed by atoms with Crippen molar-refractivity contribution in [2.24, 2.45) is 0 Å². The van der Waals surface area contributed by atoms with Gasteiger partial charge in [0.2, 0.25) is 5.91 Å². The van der Waals surface area contributed by atoms with Gasteiger partial charge in [-0.3, -0.25) is 9.00 Å². The maximum atomic E-state index is 12.1. The van der Waals surface area contributed by atoms with Crippen LogP contribution in [0.2, 0.25) is 10.0 Å². The van der Waals surface area contributed by atoms with E-state index in [-0.39, 0.29) is 16.6 Å². The summed E-state index contributed by atoms with van der Waals surface area (Å²) >= 11 is 11.8. The van der Waals surface area contributed by atoms with Crippen LogP contribution in [0.25, 0.3) is 0 Å². The first-order valence-electron chi connectivity index (χ1n) is 6.29. The van der Waals surface area contributed by atoms with Crippen LogP contribution >= 0.6 is 23.2 Å². The van der Waals surface area contributed by atoms with Gasteiger partial charge < -0.3 is 11.1 Å². The Labute approximate surface area is 131 Å². The van der Waals surface area contributed by atoms with Crippen LogP contribution in [0, 0.1) is 0 Å². The van der Waals surface area contributed by atoms with Crippen LogP contribution in [0.5, 0.6) is 0 Å². The van der Waals surface area contributed by atoms with E-state index in [2.05, 4.69) is 5.32 Å². The zero-order chi connectivity index (χ0) is 15.3. The smallest absolute Gasteiger partial charge is 0.239 e. The Morgan fingerprint density at radius 2 is 2.10 bits per heavy atom. The van der Waals surface area contributed by atoms with Crippen molar-refractivity contribution in [3.8, 4) is 0 Å². The average molecular weight is 337 g/mol. The van der Waals surface area contributed by atoms with E-state index in [1.165, 1.54) is 12.1 Å². The fourth-order valence-electron chi connectivity index (χ4n) is 1.53. The van der Waals surface area contributed by atoms with E-state index in [1.54, 1.807) is 6.92 Å². The molecule has 1 aromatic rings. The highest BCUT2D eigenvalue weighted by molar-refractivity contribution is 7.86. The minimum atomic E-state index is -1.21. The molecule has 4 nitrogen and oxygen atoms in total. The minimum absolute atomic E-state index is 0.259. The Balaban J connectivity index is 2.78. The van der Waals surface area contributed by atoms with Crippen LogP contribution in [0.3, 0.4) is 0 Å². The quantitative estimate of drug-likeness (QED) is 0.781. The van der Waals surface area contributed by atoms with E-state index >= 15 is 0 Å². The molecular weight excluding hydrogens is 319 g/mol. The van der Waals surface area contributed by atoms with Gasteiger partial charge in [-0.05, 0) is 25.5 Å². The third-order valence-electron chi connectivity index (χ3n) is 2.80. The minimum Gasteiger partial charge on any atom is -0.397 e. The molecule has 0 fully saturated rings. The second-order valence-electron chi connectivity index (χ2n) is 4.42. The summed E-state index contributed by atoms with van der Waals surface area (Å²) in [5, 5.41) is 2.65. The van der Waals surface area contributed by atoms with Crippen molar-refractivity contribution in [2.45, 2.75) is 31.9 Å². The Hall–Kier alpha value is -0.780. The van der Waals surface area contributed by atoms with Gasteiger partial charge in [0.25, 0.3) is 0 Å². The highest BCUT2D eigenvalue weighted by Crippen LogP contribution is 2.32. The normalized spacial score (nSPS) is 13.8. The Morgan fingerprint density at radius 1 is 1.45 bits per heavy atom. The van der Waals surface area contributed by atoms with E-state index in [0.29, 0.717) is 16.5 Å². The number of carbonyl (C=O) groups is 1. The van der Waals surface area contributed by atoms with Gasteiger partial charge in [0, 0.05) is 21.6 Å². The van der Waals surface area contributed by atoms with E-state index in [1.807, 2.05) is 6.92 Å². The fraction of sp³-hybridized carbons (Fsp3) is 0.462. The number of nitrogen functional groups attached to an aromatic ring is 1. The predicted octanol–water partition coefficient (Wildman–Crippen LogP) is 3.45. The number of benzene rings is 1. The van der Waals surface area contributed by atoms with E-state index in [4.69, 9.17) is 28.9 Å². The van der Waals surface area contributed by atoms with Crippen LogP contribution in [0.4, 0.5) is 11.4 Å². The van der Waals surface area contributed by atoms with Crippen molar-refractivity contribution >= 4 is 51.3 Å². The molecule has 0 saturated carbocycles. The number of amides is 1. The van der Waals surface area contributed by atoms with Crippen molar-refractivity contribution in [3.05, 3.63) is 22.2 Å². The van der Waals surface area contributed by atoms with Crippen LogP contribution in [0.1, 0.15) is 26.7 Å². The van der Waals surface area contributed by atoms with Crippen molar-refractivity contribution in [1.82, 2.24) is 0 Å². The fourth-order valence-corrected chi connectivity index (χ4v) is 3.31. The first kappa shape index (κ1) is 17.3. The standard InChI is InChI=1S/C13H18Cl2N2O2S/c1-3-4-5-20(19)8(2)13(18)17-12-10(15)6-9(14)7-11(12)16/h6-8H,3-5,16H2,1-2H3,(H,17,18). The van der Waals surface area contributed by atoms with Gasteiger partial charge in [0.1, 0.15) is 5.25 Å². The largest absolute Gasteiger partial charge is 0.397 e. The van der Waals surface area contributed by atoms with Crippen LogP contribution < -0.4 is 11.1 Å².